The van der Waals surface area contributed by atoms with Crippen molar-refractivity contribution in [1.82, 2.24) is 10.9 Å². The van der Waals surface area contributed by atoms with Crippen molar-refractivity contribution in [3.63, 3.8) is 0 Å². The maximum atomic E-state index is 10.6. The minimum absolute atomic E-state index is 0.283. The van der Waals surface area contributed by atoms with Crippen LogP contribution in [0.15, 0.2) is 0 Å². The van der Waals surface area contributed by atoms with Gasteiger partial charge in [0.2, 0.25) is 0 Å². The van der Waals surface area contributed by atoms with E-state index in [-0.39, 0.29) is 5.41 Å². The van der Waals surface area contributed by atoms with Crippen LogP contribution in [0.1, 0.15) is 20.8 Å². The summed E-state index contributed by atoms with van der Waals surface area (Å²) in [6.07, 6.45) is 0. The summed E-state index contributed by atoms with van der Waals surface area (Å²) in [5.74, 6) is -0.841. The van der Waals surface area contributed by atoms with E-state index in [1.54, 1.807) is 7.05 Å². The van der Waals surface area contributed by atoms with Crippen LogP contribution in [0.3, 0.4) is 0 Å². The van der Waals surface area contributed by atoms with Gasteiger partial charge < -0.3 is 5.11 Å². The van der Waals surface area contributed by atoms with Gasteiger partial charge in [-0.1, -0.05) is 20.8 Å². The summed E-state index contributed by atoms with van der Waals surface area (Å²) < 4.78 is 0. The van der Waals surface area contributed by atoms with E-state index < -0.39 is 12.0 Å². The Morgan fingerprint density at radius 1 is 1.45 bits per heavy atom. The van der Waals surface area contributed by atoms with Crippen molar-refractivity contribution in [3.8, 4) is 0 Å². The highest BCUT2D eigenvalue weighted by atomic mass is 16.4. The van der Waals surface area contributed by atoms with Crippen molar-refractivity contribution in [2.24, 2.45) is 5.41 Å². The Balaban J connectivity index is 4.22. The first kappa shape index (κ1) is 10.4. The van der Waals surface area contributed by atoms with Gasteiger partial charge in [0, 0.05) is 0 Å². The number of hydrogen-bond donors (Lipinski definition) is 3. The lowest BCUT2D eigenvalue weighted by Crippen LogP contribution is -2.51. The van der Waals surface area contributed by atoms with Crippen molar-refractivity contribution in [1.29, 1.82) is 0 Å². The summed E-state index contributed by atoms with van der Waals surface area (Å²) in [6.45, 7) is 5.61. The molecule has 1 unspecified atom stereocenters. The first-order valence-electron chi connectivity index (χ1n) is 3.54. The molecule has 0 spiro atoms. The zero-order chi connectivity index (χ0) is 9.07. The molecule has 1 atom stereocenters. The normalized spacial score (nSPS) is 14.5. The zero-order valence-corrected chi connectivity index (χ0v) is 7.43. The third kappa shape index (κ3) is 3.34. The number of nitrogens with one attached hydrogen (secondary N) is 2. The molecule has 0 aromatic heterocycles. The van der Waals surface area contributed by atoms with Crippen LogP contribution in [0.2, 0.25) is 0 Å². The highest BCUT2D eigenvalue weighted by Gasteiger charge is 2.30. The SMILES string of the molecule is CNNC(C(=O)O)C(C)(C)C. The molecule has 0 saturated carbocycles. The second-order valence-corrected chi connectivity index (χ2v) is 3.53. The molecule has 0 aromatic carbocycles. The molecule has 0 aromatic rings. The molecule has 3 N–H and O–H groups in total. The molecule has 0 rings (SSSR count). The van der Waals surface area contributed by atoms with E-state index in [4.69, 9.17) is 5.11 Å². The van der Waals surface area contributed by atoms with E-state index in [1.165, 1.54) is 0 Å². The van der Waals surface area contributed by atoms with Crippen molar-refractivity contribution in [2.45, 2.75) is 26.8 Å². The zero-order valence-electron chi connectivity index (χ0n) is 7.43. The average molecular weight is 160 g/mol. The molecular weight excluding hydrogens is 144 g/mol. The number of carboxylic acid groups (broad SMARTS) is 1. The maximum Gasteiger partial charge on any atom is 0.322 e. The van der Waals surface area contributed by atoms with Gasteiger partial charge in [-0.3, -0.25) is 10.2 Å². The first-order valence-corrected chi connectivity index (χ1v) is 3.54. The van der Waals surface area contributed by atoms with Crippen LogP contribution in [-0.2, 0) is 4.79 Å². The summed E-state index contributed by atoms with van der Waals surface area (Å²) >= 11 is 0. The summed E-state index contributed by atoms with van der Waals surface area (Å²) in [5.41, 5.74) is 5.01. The monoisotopic (exact) mass is 160 g/mol. The number of aliphatic carboxylic acids is 1. The first-order chi connectivity index (χ1) is 4.89. The van der Waals surface area contributed by atoms with E-state index in [2.05, 4.69) is 10.9 Å². The fourth-order valence-electron chi connectivity index (χ4n) is 0.793. The second kappa shape index (κ2) is 3.69. The fraction of sp³-hybridized carbons (Fsp3) is 0.857. The average Bonchev–Trinajstić information content (AvgIpc) is 1.79. The molecule has 0 radical (unpaired) electrons. The highest BCUT2D eigenvalue weighted by molar-refractivity contribution is 5.74. The van der Waals surface area contributed by atoms with Crippen LogP contribution >= 0.6 is 0 Å². The smallest absolute Gasteiger partial charge is 0.322 e. The van der Waals surface area contributed by atoms with Gasteiger partial charge in [0.15, 0.2) is 0 Å². The summed E-state index contributed by atoms with van der Waals surface area (Å²) in [6, 6.07) is -0.563. The Morgan fingerprint density at radius 3 is 2.00 bits per heavy atom. The fourth-order valence-corrected chi connectivity index (χ4v) is 0.793. The molecule has 4 heteroatoms. The van der Waals surface area contributed by atoms with Gasteiger partial charge in [-0.2, -0.15) is 0 Å². The van der Waals surface area contributed by atoms with Crippen LogP contribution in [0.5, 0.6) is 0 Å². The van der Waals surface area contributed by atoms with E-state index in [0.717, 1.165) is 0 Å². The lowest BCUT2D eigenvalue weighted by molar-refractivity contribution is -0.142. The molecule has 11 heavy (non-hydrogen) atoms. The Labute approximate surface area is 67.0 Å². The number of hydrazine groups is 1. The predicted octanol–water partition coefficient (Wildman–Crippen LogP) is 0.210. The van der Waals surface area contributed by atoms with Crippen LogP contribution in [0.25, 0.3) is 0 Å². The number of carbonyl (C=O) groups is 1. The molecule has 0 amide bonds. The molecule has 0 bridgehead atoms. The summed E-state index contributed by atoms with van der Waals surface area (Å²) in [5, 5.41) is 8.74. The third-order valence-electron chi connectivity index (χ3n) is 1.40. The van der Waals surface area contributed by atoms with Crippen molar-refractivity contribution in [2.75, 3.05) is 7.05 Å². The minimum Gasteiger partial charge on any atom is -0.480 e. The molecule has 0 aliphatic heterocycles. The number of hydrogen-bond acceptors (Lipinski definition) is 3. The van der Waals surface area contributed by atoms with Crippen molar-refractivity contribution >= 4 is 5.97 Å². The van der Waals surface area contributed by atoms with Crippen LogP contribution in [0.4, 0.5) is 0 Å². The van der Waals surface area contributed by atoms with Gasteiger partial charge in [0.1, 0.15) is 6.04 Å². The second-order valence-electron chi connectivity index (χ2n) is 3.53. The van der Waals surface area contributed by atoms with Crippen molar-refractivity contribution in [3.05, 3.63) is 0 Å². The Morgan fingerprint density at radius 2 is 1.91 bits per heavy atom. The van der Waals surface area contributed by atoms with Crippen LogP contribution in [-0.4, -0.2) is 24.2 Å². The van der Waals surface area contributed by atoms with Gasteiger partial charge in [0.05, 0.1) is 0 Å². The lowest BCUT2D eigenvalue weighted by Gasteiger charge is -2.27. The predicted molar refractivity (Wildman–Crippen MR) is 43.1 cm³/mol. The Hall–Kier alpha value is -0.610. The van der Waals surface area contributed by atoms with Crippen molar-refractivity contribution < 1.29 is 9.90 Å². The topological polar surface area (TPSA) is 61.4 Å². The molecule has 66 valence electrons. The molecular formula is C7H16N2O2. The molecule has 0 aliphatic carbocycles. The molecule has 4 nitrogen and oxygen atoms in total. The highest BCUT2D eigenvalue weighted by Crippen LogP contribution is 2.18. The maximum absolute atomic E-state index is 10.6. The van der Waals surface area contributed by atoms with Gasteiger partial charge in [-0.05, 0) is 12.5 Å². The Kier molecular flexibility index (Phi) is 3.48. The largest absolute Gasteiger partial charge is 0.480 e. The van der Waals surface area contributed by atoms with E-state index in [1.807, 2.05) is 20.8 Å². The summed E-state index contributed by atoms with van der Waals surface area (Å²) in [4.78, 5) is 10.6. The Bertz CT molecular complexity index is 140. The van der Waals surface area contributed by atoms with E-state index in [0.29, 0.717) is 0 Å². The summed E-state index contributed by atoms with van der Waals surface area (Å²) in [7, 11) is 1.65. The van der Waals surface area contributed by atoms with E-state index >= 15 is 0 Å². The standard InChI is InChI=1S/C7H16N2O2/c1-7(2,3)5(6(10)11)9-8-4/h5,8-9H,1-4H3,(H,10,11). The van der Waals surface area contributed by atoms with Gasteiger partial charge in [-0.25, -0.2) is 5.43 Å². The molecule has 0 aliphatic rings. The molecule has 0 fully saturated rings. The van der Waals surface area contributed by atoms with E-state index in [9.17, 15) is 4.79 Å². The number of rotatable bonds is 3. The third-order valence-corrected chi connectivity index (χ3v) is 1.40. The minimum atomic E-state index is -0.841. The van der Waals surface area contributed by atoms with Gasteiger partial charge >= 0.3 is 5.97 Å². The number of carboxylic acids is 1. The molecule has 0 heterocycles. The quantitative estimate of drug-likeness (QED) is 0.516. The van der Waals surface area contributed by atoms with Gasteiger partial charge in [0.25, 0.3) is 0 Å². The van der Waals surface area contributed by atoms with Crippen LogP contribution < -0.4 is 10.9 Å². The lowest BCUT2D eigenvalue weighted by atomic mass is 9.87. The van der Waals surface area contributed by atoms with Crippen LogP contribution in [0, 0.1) is 5.41 Å². The molecule has 0 saturated heterocycles. The van der Waals surface area contributed by atoms with Gasteiger partial charge in [-0.15, -0.1) is 0 Å².